The average molecular weight is 695 g/mol. The van der Waals surface area contributed by atoms with Crippen LogP contribution in [0.15, 0.2) is 48.5 Å². The largest absolute Gasteiger partial charge is 0.379 e. The molecule has 0 saturated heterocycles. The topological polar surface area (TPSA) is 193 Å². The summed E-state index contributed by atoms with van der Waals surface area (Å²) in [6, 6.07) is 15.3. The monoisotopic (exact) mass is 694 g/mol. The third kappa shape index (κ3) is 14.5. The van der Waals surface area contributed by atoms with Crippen LogP contribution >= 0.6 is 0 Å². The number of nitrogens with two attached hydrogens (primary N) is 3. The van der Waals surface area contributed by atoms with Crippen LogP contribution in [0.4, 0.5) is 5.69 Å². The minimum absolute atomic E-state index is 0.0311. The highest BCUT2D eigenvalue weighted by molar-refractivity contribution is 5.96. The molecule has 1 aliphatic heterocycles. The number of fused-ring (bicyclic) bond motifs is 2. The van der Waals surface area contributed by atoms with Gasteiger partial charge in [0.05, 0.1) is 45.3 Å². The molecule has 0 aliphatic carbocycles. The normalized spacial score (nSPS) is 12.2. The lowest BCUT2D eigenvalue weighted by atomic mass is 10.0. The molecule has 0 aromatic heterocycles. The minimum atomic E-state index is -0.911. The molecule has 13 heteroatoms. The fraction of sp³-hybridized carbons (Fsp3) is 0.541. The van der Waals surface area contributed by atoms with Gasteiger partial charge in [-0.1, -0.05) is 42.2 Å². The zero-order chi connectivity index (χ0) is 35.9. The number of amides is 3. The SMILES string of the molecule is NCCCOCC(COCCCN)(COCCCN)NC(=O)CCOCCNC(=O)CCC(=O)N1Cc2ccccc2C#Cc2ccccc21. The Morgan fingerprint density at radius 3 is 1.90 bits per heavy atom. The van der Waals surface area contributed by atoms with Crippen molar-refractivity contribution >= 4 is 23.4 Å². The first-order chi connectivity index (χ1) is 24.4. The highest BCUT2D eigenvalue weighted by Gasteiger charge is 2.33. The Kier molecular flexibility index (Phi) is 19.1. The van der Waals surface area contributed by atoms with Crippen molar-refractivity contribution in [1.82, 2.24) is 10.6 Å². The third-order valence-corrected chi connectivity index (χ3v) is 7.80. The van der Waals surface area contributed by atoms with Crippen LogP contribution in [0.5, 0.6) is 0 Å². The van der Waals surface area contributed by atoms with Crippen LogP contribution in [0, 0.1) is 11.8 Å². The van der Waals surface area contributed by atoms with Crippen LogP contribution in [0.1, 0.15) is 55.2 Å². The molecule has 3 amide bonds. The predicted molar refractivity (Wildman–Crippen MR) is 192 cm³/mol. The molecule has 2 aromatic rings. The molecular formula is C37H54N6O7. The van der Waals surface area contributed by atoms with Gasteiger partial charge in [-0.2, -0.15) is 0 Å². The van der Waals surface area contributed by atoms with E-state index in [1.165, 1.54) is 0 Å². The summed E-state index contributed by atoms with van der Waals surface area (Å²) in [6.07, 6.45) is 2.21. The maximum absolute atomic E-state index is 13.4. The number of carbonyl (C=O) groups excluding carboxylic acids is 3. The molecule has 13 nitrogen and oxygen atoms in total. The number of benzene rings is 2. The van der Waals surface area contributed by atoms with Crippen molar-refractivity contribution in [1.29, 1.82) is 0 Å². The molecule has 0 atom stereocenters. The summed E-state index contributed by atoms with van der Waals surface area (Å²) < 4.78 is 23.1. The molecule has 8 N–H and O–H groups in total. The lowest BCUT2D eigenvalue weighted by molar-refractivity contribution is -0.129. The highest BCUT2D eigenvalue weighted by atomic mass is 16.5. The number of hydrogen-bond acceptors (Lipinski definition) is 10. The average Bonchev–Trinajstić information content (AvgIpc) is 3.12. The van der Waals surface area contributed by atoms with Gasteiger partial charge in [-0.05, 0) is 62.7 Å². The van der Waals surface area contributed by atoms with E-state index in [0.717, 1.165) is 22.4 Å². The number of carbonyl (C=O) groups is 3. The molecule has 1 aliphatic rings. The van der Waals surface area contributed by atoms with Gasteiger partial charge in [-0.25, -0.2) is 0 Å². The maximum Gasteiger partial charge on any atom is 0.227 e. The van der Waals surface area contributed by atoms with Crippen LogP contribution in [0.2, 0.25) is 0 Å². The van der Waals surface area contributed by atoms with Gasteiger partial charge in [0.25, 0.3) is 0 Å². The van der Waals surface area contributed by atoms with Gasteiger partial charge in [0, 0.05) is 56.8 Å². The van der Waals surface area contributed by atoms with E-state index in [4.69, 9.17) is 36.1 Å². The van der Waals surface area contributed by atoms with E-state index in [2.05, 4.69) is 22.5 Å². The molecule has 1 heterocycles. The molecule has 0 saturated carbocycles. The Morgan fingerprint density at radius 1 is 0.680 bits per heavy atom. The third-order valence-electron chi connectivity index (χ3n) is 7.80. The first-order valence-electron chi connectivity index (χ1n) is 17.4. The quantitative estimate of drug-likeness (QED) is 0.0745. The molecule has 274 valence electrons. The molecule has 0 spiro atoms. The second-order valence-electron chi connectivity index (χ2n) is 12.0. The van der Waals surface area contributed by atoms with Crippen molar-refractivity contribution in [2.24, 2.45) is 17.2 Å². The first-order valence-corrected chi connectivity index (χ1v) is 17.4. The van der Waals surface area contributed by atoms with Crippen molar-refractivity contribution in [2.45, 2.75) is 50.6 Å². The van der Waals surface area contributed by atoms with E-state index in [1.54, 1.807) is 4.90 Å². The fourth-order valence-corrected chi connectivity index (χ4v) is 5.13. The minimum Gasteiger partial charge on any atom is -0.379 e. The summed E-state index contributed by atoms with van der Waals surface area (Å²) in [5, 5.41) is 5.83. The summed E-state index contributed by atoms with van der Waals surface area (Å²) in [5.41, 5.74) is 19.2. The van der Waals surface area contributed by atoms with E-state index < -0.39 is 5.54 Å². The molecule has 0 unspecified atom stereocenters. The first kappa shape index (κ1) is 40.6. The molecular weight excluding hydrogens is 640 g/mol. The Bertz CT molecular complexity index is 1360. The van der Waals surface area contributed by atoms with Crippen LogP contribution in [-0.4, -0.2) is 102 Å². The van der Waals surface area contributed by atoms with Crippen molar-refractivity contribution in [3.63, 3.8) is 0 Å². The van der Waals surface area contributed by atoms with Crippen LogP contribution in [-0.2, 0) is 39.9 Å². The van der Waals surface area contributed by atoms with Crippen LogP contribution in [0.25, 0.3) is 0 Å². The summed E-state index contributed by atoms with van der Waals surface area (Å²) in [7, 11) is 0. The second kappa shape index (κ2) is 23.5. The van der Waals surface area contributed by atoms with Gasteiger partial charge >= 0.3 is 0 Å². The molecule has 0 fully saturated rings. The van der Waals surface area contributed by atoms with Gasteiger partial charge in [-0.15, -0.1) is 0 Å². The molecule has 0 bridgehead atoms. The Balaban J connectivity index is 1.43. The number of para-hydroxylation sites is 1. The predicted octanol–water partition coefficient (Wildman–Crippen LogP) is 1.19. The van der Waals surface area contributed by atoms with Crippen LogP contribution < -0.4 is 32.7 Å². The van der Waals surface area contributed by atoms with Gasteiger partial charge in [0.2, 0.25) is 17.7 Å². The van der Waals surface area contributed by atoms with Gasteiger partial charge < -0.3 is 51.7 Å². The summed E-state index contributed by atoms with van der Waals surface area (Å²) in [5.74, 6) is 5.71. The standard InChI is InChI=1S/C37H54N6O7/c38-17-5-21-48-27-37(28-49-22-6-18-39,29-50-23-7-19-40)42-35(45)16-24-47-25-20-41-34(44)14-15-36(46)43-26-32-10-2-1-8-30(32)12-13-31-9-3-4-11-33(31)43/h1-4,8-11H,5-7,14-29,38-40H2,(H,41,44)(H,42,45). The van der Waals surface area contributed by atoms with Gasteiger partial charge in [0.15, 0.2) is 0 Å². The fourth-order valence-electron chi connectivity index (χ4n) is 5.13. The van der Waals surface area contributed by atoms with E-state index in [-0.39, 0.29) is 76.6 Å². The number of ether oxygens (including phenoxy) is 4. The number of anilines is 1. The summed E-state index contributed by atoms with van der Waals surface area (Å²) in [4.78, 5) is 40.7. The molecule has 3 rings (SSSR count). The zero-order valence-electron chi connectivity index (χ0n) is 29.1. The van der Waals surface area contributed by atoms with Crippen molar-refractivity contribution < 1.29 is 33.3 Å². The Labute approximate surface area is 295 Å². The van der Waals surface area contributed by atoms with Crippen molar-refractivity contribution in [2.75, 3.05) is 83.9 Å². The van der Waals surface area contributed by atoms with Gasteiger partial charge in [-0.3, -0.25) is 14.4 Å². The summed E-state index contributed by atoms with van der Waals surface area (Å²) >= 11 is 0. The van der Waals surface area contributed by atoms with E-state index in [0.29, 0.717) is 65.3 Å². The van der Waals surface area contributed by atoms with Crippen LogP contribution in [0.3, 0.4) is 0 Å². The van der Waals surface area contributed by atoms with Crippen molar-refractivity contribution in [3.05, 3.63) is 65.2 Å². The maximum atomic E-state index is 13.4. The molecule has 0 radical (unpaired) electrons. The molecule has 50 heavy (non-hydrogen) atoms. The number of nitrogens with one attached hydrogen (secondary N) is 2. The number of nitrogens with zero attached hydrogens (tertiary/aromatic N) is 1. The number of rotatable bonds is 25. The smallest absolute Gasteiger partial charge is 0.227 e. The lowest BCUT2D eigenvalue weighted by Gasteiger charge is -2.34. The van der Waals surface area contributed by atoms with E-state index in [9.17, 15) is 14.4 Å². The summed E-state index contributed by atoms with van der Waals surface area (Å²) in [6.45, 7) is 4.33. The van der Waals surface area contributed by atoms with E-state index >= 15 is 0 Å². The lowest BCUT2D eigenvalue weighted by Crippen LogP contribution is -2.59. The van der Waals surface area contributed by atoms with E-state index in [1.807, 2.05) is 48.5 Å². The second-order valence-corrected chi connectivity index (χ2v) is 12.0. The Morgan fingerprint density at radius 2 is 1.26 bits per heavy atom. The Hall–Kier alpha value is -3.87. The zero-order valence-corrected chi connectivity index (χ0v) is 29.1. The molecule has 2 aromatic carbocycles. The van der Waals surface area contributed by atoms with Crippen molar-refractivity contribution in [3.8, 4) is 11.8 Å². The highest BCUT2D eigenvalue weighted by Crippen LogP contribution is 2.26. The number of hydrogen-bond donors (Lipinski definition) is 5. The van der Waals surface area contributed by atoms with Gasteiger partial charge in [0.1, 0.15) is 5.54 Å².